The third-order valence-corrected chi connectivity index (χ3v) is 4.99. The average Bonchev–Trinajstić information content (AvgIpc) is 2.65. The lowest BCUT2D eigenvalue weighted by Crippen LogP contribution is -2.50. The van der Waals surface area contributed by atoms with Crippen LogP contribution in [-0.2, 0) is 9.59 Å². The third kappa shape index (κ3) is 5.37. The van der Waals surface area contributed by atoms with Gasteiger partial charge in [0.1, 0.15) is 12.4 Å². The van der Waals surface area contributed by atoms with Gasteiger partial charge in [0.25, 0.3) is 5.91 Å². The van der Waals surface area contributed by atoms with E-state index in [4.69, 9.17) is 22.1 Å². The molecule has 27 heavy (non-hydrogen) atoms. The number of nitrogens with zero attached hydrogens (tertiary/aromatic N) is 1. The second-order valence-corrected chi connectivity index (χ2v) is 7.07. The molecule has 2 amide bonds. The van der Waals surface area contributed by atoms with Crippen LogP contribution in [0.25, 0.3) is 6.08 Å². The van der Waals surface area contributed by atoms with Gasteiger partial charge < -0.3 is 20.7 Å². The summed E-state index contributed by atoms with van der Waals surface area (Å²) in [6.07, 6.45) is 5.05. The van der Waals surface area contributed by atoms with E-state index in [0.717, 1.165) is 30.6 Å². The molecule has 0 radical (unpaired) electrons. The van der Waals surface area contributed by atoms with E-state index in [0.29, 0.717) is 36.7 Å². The number of amides is 2. The third-order valence-electron chi connectivity index (χ3n) is 4.75. The van der Waals surface area contributed by atoms with Gasteiger partial charge in [-0.3, -0.25) is 9.59 Å². The fourth-order valence-corrected chi connectivity index (χ4v) is 3.57. The topological polar surface area (TPSA) is 84.7 Å². The van der Waals surface area contributed by atoms with Crippen molar-refractivity contribution in [3.05, 3.63) is 34.4 Å². The highest BCUT2D eigenvalue weighted by Gasteiger charge is 2.30. The Bertz CT molecular complexity index is 724. The molecule has 3 N–H and O–H groups in total. The Hall–Kier alpha value is -1.76. The molecule has 2 aliphatic rings. The maximum absolute atomic E-state index is 13.0. The van der Waals surface area contributed by atoms with E-state index >= 15 is 0 Å². The molecule has 1 fully saturated rings. The van der Waals surface area contributed by atoms with Crippen LogP contribution in [-0.4, -0.2) is 49.0 Å². The van der Waals surface area contributed by atoms with Gasteiger partial charge in [0.2, 0.25) is 5.91 Å². The summed E-state index contributed by atoms with van der Waals surface area (Å²) >= 11 is 6.04. The van der Waals surface area contributed by atoms with Crippen LogP contribution in [0.5, 0.6) is 5.75 Å². The zero-order chi connectivity index (χ0) is 18.5. The number of benzene rings is 1. The first-order chi connectivity index (χ1) is 12.6. The van der Waals surface area contributed by atoms with E-state index in [9.17, 15) is 9.59 Å². The molecule has 0 aliphatic carbocycles. The molecule has 0 saturated carbocycles. The molecule has 1 aromatic carbocycles. The largest absolute Gasteiger partial charge is 0.488 e. The molecule has 8 heteroatoms. The number of fused-ring (bicyclic) bond motifs is 1. The second kappa shape index (κ2) is 9.97. The van der Waals surface area contributed by atoms with Crippen molar-refractivity contribution in [3.63, 3.8) is 0 Å². The zero-order valence-corrected chi connectivity index (χ0v) is 16.7. The van der Waals surface area contributed by atoms with E-state index in [1.165, 1.54) is 0 Å². The highest BCUT2D eigenvalue weighted by molar-refractivity contribution is 6.30. The smallest absolute Gasteiger partial charge is 0.253 e. The lowest BCUT2D eigenvalue weighted by molar-refractivity contribution is -0.131. The molecule has 1 atom stereocenters. The predicted octanol–water partition coefficient (Wildman–Crippen LogP) is 2.38. The highest BCUT2D eigenvalue weighted by atomic mass is 35.5. The van der Waals surface area contributed by atoms with Crippen LogP contribution < -0.4 is 15.8 Å². The molecule has 2 aliphatic heterocycles. The highest BCUT2D eigenvalue weighted by Crippen LogP contribution is 2.30. The molecule has 1 unspecified atom stereocenters. The van der Waals surface area contributed by atoms with Gasteiger partial charge in [0.15, 0.2) is 0 Å². The molecular formula is C19H25Cl2N3O3. The number of halogens is 2. The second-order valence-electron chi connectivity index (χ2n) is 6.63. The van der Waals surface area contributed by atoms with Gasteiger partial charge in [-0.25, -0.2) is 0 Å². The van der Waals surface area contributed by atoms with Crippen LogP contribution in [0.2, 0.25) is 5.02 Å². The SMILES string of the molecule is Cl.NCCC(=O)NCC1CCCCN1C(=O)C1=Cc2cc(Cl)ccc2OC1. The summed E-state index contributed by atoms with van der Waals surface area (Å²) < 4.78 is 5.71. The minimum Gasteiger partial charge on any atom is -0.488 e. The number of nitrogens with one attached hydrogen (secondary N) is 1. The van der Waals surface area contributed by atoms with Crippen LogP contribution in [0.3, 0.4) is 0 Å². The maximum Gasteiger partial charge on any atom is 0.253 e. The van der Waals surface area contributed by atoms with Crippen LogP contribution >= 0.6 is 24.0 Å². The summed E-state index contributed by atoms with van der Waals surface area (Å²) in [5.41, 5.74) is 6.83. The molecule has 1 saturated heterocycles. The summed E-state index contributed by atoms with van der Waals surface area (Å²) in [6, 6.07) is 5.38. The molecule has 1 aromatic rings. The number of likely N-dealkylation sites (tertiary alicyclic amines) is 1. The standard InChI is InChI=1S/C19H24ClN3O3.ClH/c20-15-4-5-17-13(10-15)9-14(12-26-17)19(25)23-8-2-1-3-16(23)11-22-18(24)6-7-21;/h4-5,9-10,16H,1-3,6-8,11-12,21H2,(H,22,24);1H. The van der Waals surface area contributed by atoms with Gasteiger partial charge in [-0.15, -0.1) is 12.4 Å². The number of piperidine rings is 1. The number of rotatable bonds is 5. The summed E-state index contributed by atoms with van der Waals surface area (Å²) in [6.45, 7) is 1.72. The molecule has 0 aromatic heterocycles. The normalized spacial score (nSPS) is 18.5. The van der Waals surface area contributed by atoms with Gasteiger partial charge in [-0.1, -0.05) is 11.6 Å². The number of carbonyl (C=O) groups excluding carboxylic acids is 2. The number of hydrogen-bond acceptors (Lipinski definition) is 4. The van der Waals surface area contributed by atoms with Crippen LogP contribution in [0.1, 0.15) is 31.2 Å². The molecule has 0 bridgehead atoms. The first-order valence-corrected chi connectivity index (χ1v) is 9.37. The van der Waals surface area contributed by atoms with Gasteiger partial charge in [-0.05, 0) is 43.5 Å². The summed E-state index contributed by atoms with van der Waals surface area (Å²) in [5.74, 6) is 0.623. The summed E-state index contributed by atoms with van der Waals surface area (Å²) in [4.78, 5) is 26.6. The lowest BCUT2D eigenvalue weighted by atomic mass is 9.99. The Morgan fingerprint density at radius 1 is 1.33 bits per heavy atom. The van der Waals surface area contributed by atoms with Crippen LogP contribution in [0, 0.1) is 0 Å². The average molecular weight is 414 g/mol. The number of hydrogen-bond donors (Lipinski definition) is 2. The summed E-state index contributed by atoms with van der Waals surface area (Å²) in [5, 5.41) is 3.49. The first-order valence-electron chi connectivity index (χ1n) is 8.99. The van der Waals surface area contributed by atoms with Crippen molar-refractivity contribution in [2.24, 2.45) is 5.73 Å². The zero-order valence-electron chi connectivity index (χ0n) is 15.1. The van der Waals surface area contributed by atoms with Crippen molar-refractivity contribution < 1.29 is 14.3 Å². The van der Waals surface area contributed by atoms with Crippen LogP contribution in [0.15, 0.2) is 23.8 Å². The molecular weight excluding hydrogens is 389 g/mol. The van der Waals surface area contributed by atoms with Crippen molar-refractivity contribution in [3.8, 4) is 5.75 Å². The minimum absolute atomic E-state index is 0. The number of nitrogens with two attached hydrogens (primary N) is 1. The molecule has 0 spiro atoms. The van der Waals surface area contributed by atoms with E-state index in [1.807, 2.05) is 17.0 Å². The first kappa shape index (κ1) is 21.5. The van der Waals surface area contributed by atoms with Crippen molar-refractivity contribution in [1.29, 1.82) is 0 Å². The van der Waals surface area contributed by atoms with Crippen molar-refractivity contribution in [2.45, 2.75) is 31.7 Å². The minimum atomic E-state index is -0.0748. The molecule has 2 heterocycles. The Morgan fingerprint density at radius 2 is 2.15 bits per heavy atom. The maximum atomic E-state index is 13.0. The monoisotopic (exact) mass is 413 g/mol. The Balaban J connectivity index is 0.00000261. The van der Waals surface area contributed by atoms with Crippen LogP contribution in [0.4, 0.5) is 0 Å². The number of ether oxygens (including phenoxy) is 1. The van der Waals surface area contributed by atoms with E-state index in [2.05, 4.69) is 5.32 Å². The van der Waals surface area contributed by atoms with Gasteiger partial charge in [0, 0.05) is 42.7 Å². The van der Waals surface area contributed by atoms with E-state index in [-0.39, 0.29) is 36.9 Å². The fourth-order valence-electron chi connectivity index (χ4n) is 3.39. The van der Waals surface area contributed by atoms with Gasteiger partial charge in [0.05, 0.1) is 5.57 Å². The number of carbonyl (C=O) groups is 2. The fraction of sp³-hybridized carbons (Fsp3) is 0.474. The Morgan fingerprint density at radius 3 is 2.93 bits per heavy atom. The molecule has 6 nitrogen and oxygen atoms in total. The van der Waals surface area contributed by atoms with E-state index < -0.39 is 0 Å². The lowest BCUT2D eigenvalue weighted by Gasteiger charge is -2.37. The Labute approximate surface area is 170 Å². The van der Waals surface area contributed by atoms with Crippen molar-refractivity contribution >= 4 is 41.9 Å². The summed E-state index contributed by atoms with van der Waals surface area (Å²) in [7, 11) is 0. The van der Waals surface area contributed by atoms with Crippen molar-refractivity contribution in [2.75, 3.05) is 26.2 Å². The Kier molecular flexibility index (Phi) is 7.95. The molecule has 3 rings (SSSR count). The van der Waals surface area contributed by atoms with Crippen molar-refractivity contribution in [1.82, 2.24) is 10.2 Å². The predicted molar refractivity (Wildman–Crippen MR) is 108 cm³/mol. The molecule has 148 valence electrons. The van der Waals surface area contributed by atoms with E-state index in [1.54, 1.807) is 12.1 Å². The van der Waals surface area contributed by atoms with Gasteiger partial charge in [-0.2, -0.15) is 0 Å². The van der Waals surface area contributed by atoms with Gasteiger partial charge >= 0.3 is 0 Å². The quantitative estimate of drug-likeness (QED) is 0.775.